The molecule has 0 atom stereocenters. The first kappa shape index (κ1) is 10.8. The summed E-state index contributed by atoms with van der Waals surface area (Å²) in [5, 5.41) is 3.35. The molecule has 1 fully saturated rings. The van der Waals surface area contributed by atoms with Gasteiger partial charge < -0.3 is 10.1 Å². The highest BCUT2D eigenvalue weighted by Gasteiger charge is 2.37. The van der Waals surface area contributed by atoms with Gasteiger partial charge in [-0.1, -0.05) is 0 Å². The van der Waals surface area contributed by atoms with E-state index in [0.717, 1.165) is 17.3 Å². The van der Waals surface area contributed by atoms with Crippen molar-refractivity contribution in [2.24, 2.45) is 0 Å². The molecule has 0 bridgehead atoms. The van der Waals surface area contributed by atoms with Gasteiger partial charge in [-0.25, -0.2) is 9.97 Å². The molecule has 1 N–H and O–H groups in total. The molecule has 1 aromatic heterocycles. The minimum atomic E-state index is 0.0581. The zero-order chi connectivity index (χ0) is 10.7. The minimum Gasteiger partial charge on any atom is -0.382 e. The van der Waals surface area contributed by atoms with Crippen molar-refractivity contribution in [3.63, 3.8) is 0 Å². The first-order chi connectivity index (χ1) is 7.24. The Balaban J connectivity index is 2.03. The number of hydrogen-bond donors (Lipinski definition) is 1. The second-order valence-electron chi connectivity index (χ2n) is 3.92. The summed E-state index contributed by atoms with van der Waals surface area (Å²) in [4.78, 5) is 8.41. The third-order valence-corrected chi connectivity index (χ3v) is 3.14. The molecule has 1 aromatic rings. The number of methoxy groups -OCH3 is 1. The summed E-state index contributed by atoms with van der Waals surface area (Å²) in [7, 11) is 1.73. The van der Waals surface area contributed by atoms with Crippen molar-refractivity contribution < 1.29 is 4.74 Å². The van der Waals surface area contributed by atoms with Gasteiger partial charge in [0.15, 0.2) is 0 Å². The fraction of sp³-hybridized carbons (Fsp3) is 0.600. The lowest BCUT2D eigenvalue weighted by molar-refractivity contribution is 0.0978. The zero-order valence-corrected chi connectivity index (χ0v) is 10.2. The molecule has 0 spiro atoms. The third-order valence-electron chi connectivity index (χ3n) is 2.73. The van der Waals surface area contributed by atoms with Gasteiger partial charge in [-0.2, -0.15) is 0 Å². The van der Waals surface area contributed by atoms with Crippen LogP contribution in [0.2, 0.25) is 0 Å². The second kappa shape index (κ2) is 4.45. The molecule has 1 aliphatic carbocycles. The number of nitrogens with zero attached hydrogens (tertiary/aromatic N) is 2. The van der Waals surface area contributed by atoms with Crippen molar-refractivity contribution in [1.82, 2.24) is 9.97 Å². The maximum Gasteiger partial charge on any atom is 0.223 e. The van der Waals surface area contributed by atoms with Gasteiger partial charge in [0.2, 0.25) is 5.95 Å². The average molecular weight is 272 g/mol. The van der Waals surface area contributed by atoms with Crippen molar-refractivity contribution in [3.8, 4) is 0 Å². The van der Waals surface area contributed by atoms with Gasteiger partial charge in [0.05, 0.1) is 16.6 Å². The first-order valence-corrected chi connectivity index (χ1v) is 5.78. The van der Waals surface area contributed by atoms with Crippen molar-refractivity contribution in [3.05, 3.63) is 16.9 Å². The smallest absolute Gasteiger partial charge is 0.223 e. The molecule has 15 heavy (non-hydrogen) atoms. The summed E-state index contributed by atoms with van der Waals surface area (Å²) in [6.45, 7) is 0.715. The van der Waals surface area contributed by atoms with Crippen molar-refractivity contribution >= 4 is 21.9 Å². The van der Waals surface area contributed by atoms with Crippen LogP contribution in [0.1, 0.15) is 19.3 Å². The van der Waals surface area contributed by atoms with Crippen LogP contribution < -0.4 is 5.32 Å². The first-order valence-electron chi connectivity index (χ1n) is 4.99. The Labute approximate surface area is 97.6 Å². The van der Waals surface area contributed by atoms with E-state index in [-0.39, 0.29) is 5.54 Å². The molecule has 0 unspecified atom stereocenters. The third kappa shape index (κ3) is 2.46. The van der Waals surface area contributed by atoms with Crippen LogP contribution in [-0.2, 0) is 4.74 Å². The summed E-state index contributed by atoms with van der Waals surface area (Å²) in [6.07, 6.45) is 6.98. The zero-order valence-electron chi connectivity index (χ0n) is 8.66. The van der Waals surface area contributed by atoms with Gasteiger partial charge >= 0.3 is 0 Å². The second-order valence-corrected chi connectivity index (χ2v) is 4.83. The van der Waals surface area contributed by atoms with Gasteiger partial charge in [0.25, 0.3) is 0 Å². The van der Waals surface area contributed by atoms with Gasteiger partial charge in [-0.05, 0) is 35.2 Å². The van der Waals surface area contributed by atoms with Gasteiger partial charge in [-0.3, -0.25) is 0 Å². The van der Waals surface area contributed by atoms with Crippen LogP contribution in [0.5, 0.6) is 0 Å². The molecule has 0 aliphatic heterocycles. The van der Waals surface area contributed by atoms with E-state index >= 15 is 0 Å². The van der Waals surface area contributed by atoms with Crippen LogP contribution >= 0.6 is 15.9 Å². The van der Waals surface area contributed by atoms with E-state index in [0.29, 0.717) is 12.6 Å². The summed E-state index contributed by atoms with van der Waals surface area (Å²) >= 11 is 3.31. The molecule has 82 valence electrons. The van der Waals surface area contributed by atoms with Crippen molar-refractivity contribution in [1.29, 1.82) is 0 Å². The van der Waals surface area contributed by atoms with Crippen LogP contribution in [0.3, 0.4) is 0 Å². The quantitative estimate of drug-likeness (QED) is 0.913. The molecule has 0 radical (unpaired) electrons. The van der Waals surface area contributed by atoms with E-state index in [4.69, 9.17) is 4.74 Å². The van der Waals surface area contributed by atoms with Crippen LogP contribution in [0, 0.1) is 0 Å². The Bertz CT molecular complexity index is 324. The highest BCUT2D eigenvalue weighted by Crippen LogP contribution is 2.34. The summed E-state index contributed by atoms with van der Waals surface area (Å²) < 4.78 is 6.11. The molecular formula is C10H14BrN3O. The van der Waals surface area contributed by atoms with E-state index in [9.17, 15) is 0 Å². The highest BCUT2D eigenvalue weighted by molar-refractivity contribution is 9.10. The van der Waals surface area contributed by atoms with Crippen LogP contribution in [0.4, 0.5) is 5.95 Å². The Hall–Kier alpha value is -0.680. The molecule has 1 saturated carbocycles. The largest absolute Gasteiger partial charge is 0.382 e. The molecular weight excluding hydrogens is 258 g/mol. The van der Waals surface area contributed by atoms with E-state index in [1.807, 2.05) is 0 Å². The summed E-state index contributed by atoms with van der Waals surface area (Å²) in [6, 6.07) is 0. The van der Waals surface area contributed by atoms with Gasteiger partial charge in [-0.15, -0.1) is 0 Å². The van der Waals surface area contributed by atoms with E-state index < -0.39 is 0 Å². The van der Waals surface area contributed by atoms with Crippen LogP contribution in [0.15, 0.2) is 16.9 Å². The Kier molecular flexibility index (Phi) is 3.21. The number of anilines is 1. The lowest BCUT2D eigenvalue weighted by Gasteiger charge is -2.41. The minimum absolute atomic E-state index is 0.0581. The Morgan fingerprint density at radius 2 is 2.13 bits per heavy atom. The maximum absolute atomic E-state index is 5.22. The molecule has 4 nitrogen and oxygen atoms in total. The van der Waals surface area contributed by atoms with E-state index in [1.165, 1.54) is 6.42 Å². The topological polar surface area (TPSA) is 47.0 Å². The van der Waals surface area contributed by atoms with Crippen LogP contribution in [-0.4, -0.2) is 29.2 Å². The lowest BCUT2D eigenvalue weighted by Crippen LogP contribution is -2.49. The standard InChI is InChI=1S/C10H14BrN3O/c1-15-7-10(3-2-4-10)14-9-12-5-8(11)6-13-9/h5-6H,2-4,7H2,1H3,(H,12,13,14). The molecule has 0 aromatic carbocycles. The maximum atomic E-state index is 5.22. The number of halogens is 1. The monoisotopic (exact) mass is 271 g/mol. The molecule has 2 rings (SSSR count). The molecule has 0 amide bonds. The number of nitrogens with one attached hydrogen (secondary N) is 1. The summed E-state index contributed by atoms with van der Waals surface area (Å²) in [5.41, 5.74) is 0.0581. The Morgan fingerprint density at radius 1 is 1.47 bits per heavy atom. The van der Waals surface area contributed by atoms with Crippen molar-refractivity contribution in [2.45, 2.75) is 24.8 Å². The number of rotatable bonds is 4. The van der Waals surface area contributed by atoms with E-state index in [2.05, 4.69) is 31.2 Å². The van der Waals surface area contributed by atoms with Crippen molar-refractivity contribution in [2.75, 3.05) is 19.0 Å². The normalized spacial score (nSPS) is 18.3. The number of aromatic nitrogens is 2. The lowest BCUT2D eigenvalue weighted by atomic mass is 9.77. The van der Waals surface area contributed by atoms with E-state index in [1.54, 1.807) is 19.5 Å². The van der Waals surface area contributed by atoms with Crippen LogP contribution in [0.25, 0.3) is 0 Å². The number of hydrogen-bond acceptors (Lipinski definition) is 4. The summed E-state index contributed by atoms with van der Waals surface area (Å²) in [5.74, 6) is 0.676. The Morgan fingerprint density at radius 3 is 2.60 bits per heavy atom. The molecule has 1 aliphatic rings. The predicted molar refractivity (Wildman–Crippen MR) is 61.8 cm³/mol. The fourth-order valence-corrected chi connectivity index (χ4v) is 2.00. The fourth-order valence-electron chi connectivity index (χ4n) is 1.80. The molecule has 0 saturated heterocycles. The SMILES string of the molecule is COCC1(Nc2ncc(Br)cn2)CCC1. The average Bonchev–Trinajstić information content (AvgIpc) is 2.18. The highest BCUT2D eigenvalue weighted by atomic mass is 79.9. The van der Waals surface area contributed by atoms with Gasteiger partial charge in [0, 0.05) is 19.5 Å². The number of ether oxygens (including phenoxy) is 1. The molecule has 5 heteroatoms. The predicted octanol–water partition coefficient (Wildman–Crippen LogP) is 2.22. The van der Waals surface area contributed by atoms with Gasteiger partial charge in [0.1, 0.15) is 0 Å². The molecule has 1 heterocycles.